The van der Waals surface area contributed by atoms with Crippen LogP contribution in [0.15, 0.2) is 24.3 Å². The standard InChI is InChI=1S/C12H19NO2/c1-9(10(2)14)13(3)11-7-5-6-8-12(11)15-4/h5-10,14H,1-4H3. The van der Waals surface area contributed by atoms with Gasteiger partial charge < -0.3 is 14.7 Å². The maximum atomic E-state index is 9.53. The SMILES string of the molecule is COc1ccccc1N(C)C(C)C(C)O. The summed E-state index contributed by atoms with van der Waals surface area (Å²) in [6, 6.07) is 7.85. The van der Waals surface area contributed by atoms with E-state index >= 15 is 0 Å². The van der Waals surface area contributed by atoms with Gasteiger partial charge in [0.2, 0.25) is 0 Å². The molecule has 0 aliphatic heterocycles. The van der Waals surface area contributed by atoms with Crippen molar-refractivity contribution in [2.45, 2.75) is 26.0 Å². The molecule has 0 amide bonds. The molecule has 0 bridgehead atoms. The summed E-state index contributed by atoms with van der Waals surface area (Å²) in [5.41, 5.74) is 0.994. The second-order valence-electron chi connectivity index (χ2n) is 3.76. The first-order valence-corrected chi connectivity index (χ1v) is 5.11. The Morgan fingerprint density at radius 1 is 1.27 bits per heavy atom. The fourth-order valence-electron chi connectivity index (χ4n) is 1.46. The molecule has 0 fully saturated rings. The van der Waals surface area contributed by atoms with Gasteiger partial charge in [-0.1, -0.05) is 12.1 Å². The van der Waals surface area contributed by atoms with Crippen molar-refractivity contribution in [2.24, 2.45) is 0 Å². The average Bonchev–Trinajstić information content (AvgIpc) is 2.26. The number of nitrogens with zero attached hydrogens (tertiary/aromatic N) is 1. The number of aliphatic hydroxyl groups is 1. The lowest BCUT2D eigenvalue weighted by Gasteiger charge is -2.30. The van der Waals surface area contributed by atoms with E-state index in [4.69, 9.17) is 4.74 Å². The van der Waals surface area contributed by atoms with Crippen LogP contribution in [0.4, 0.5) is 5.69 Å². The zero-order chi connectivity index (χ0) is 11.4. The van der Waals surface area contributed by atoms with Gasteiger partial charge in [-0.15, -0.1) is 0 Å². The highest BCUT2D eigenvalue weighted by Gasteiger charge is 2.17. The fraction of sp³-hybridized carbons (Fsp3) is 0.500. The third-order valence-electron chi connectivity index (χ3n) is 2.77. The number of hydrogen-bond donors (Lipinski definition) is 1. The van der Waals surface area contributed by atoms with Crippen molar-refractivity contribution in [1.29, 1.82) is 0 Å². The van der Waals surface area contributed by atoms with Gasteiger partial charge in [-0.3, -0.25) is 0 Å². The molecule has 1 aromatic rings. The van der Waals surface area contributed by atoms with Gasteiger partial charge in [-0.25, -0.2) is 0 Å². The fourth-order valence-corrected chi connectivity index (χ4v) is 1.46. The van der Waals surface area contributed by atoms with Crippen LogP contribution in [0.25, 0.3) is 0 Å². The predicted octanol–water partition coefficient (Wildman–Crippen LogP) is 1.90. The van der Waals surface area contributed by atoms with Crippen LogP contribution < -0.4 is 9.64 Å². The van der Waals surface area contributed by atoms with Crippen molar-refractivity contribution in [3.05, 3.63) is 24.3 Å². The number of anilines is 1. The van der Waals surface area contributed by atoms with Crippen molar-refractivity contribution in [3.63, 3.8) is 0 Å². The zero-order valence-corrected chi connectivity index (χ0v) is 9.77. The number of likely N-dealkylation sites (N-methyl/N-ethyl adjacent to an activating group) is 1. The molecule has 0 aromatic heterocycles. The molecular formula is C12H19NO2. The summed E-state index contributed by atoms with van der Waals surface area (Å²) in [4.78, 5) is 2.02. The molecule has 0 saturated heterocycles. The van der Waals surface area contributed by atoms with Crippen LogP contribution in [-0.4, -0.2) is 31.4 Å². The van der Waals surface area contributed by atoms with Crippen LogP contribution >= 0.6 is 0 Å². The summed E-state index contributed by atoms with van der Waals surface area (Å²) in [5.74, 6) is 0.826. The Bertz CT molecular complexity index is 312. The van der Waals surface area contributed by atoms with E-state index < -0.39 is 0 Å². The summed E-state index contributed by atoms with van der Waals surface area (Å²) < 4.78 is 5.27. The van der Waals surface area contributed by atoms with Gasteiger partial charge in [0.1, 0.15) is 5.75 Å². The van der Waals surface area contributed by atoms with Crippen LogP contribution in [0, 0.1) is 0 Å². The maximum Gasteiger partial charge on any atom is 0.142 e. The summed E-state index contributed by atoms with van der Waals surface area (Å²) in [5, 5.41) is 9.53. The largest absolute Gasteiger partial charge is 0.495 e. The molecule has 1 N–H and O–H groups in total. The molecule has 2 unspecified atom stereocenters. The normalized spacial score (nSPS) is 14.5. The third-order valence-corrected chi connectivity index (χ3v) is 2.77. The van der Waals surface area contributed by atoms with E-state index in [1.165, 1.54) is 0 Å². The van der Waals surface area contributed by atoms with Crippen molar-refractivity contribution >= 4 is 5.69 Å². The Hall–Kier alpha value is -1.22. The smallest absolute Gasteiger partial charge is 0.142 e. The Balaban J connectivity index is 2.94. The molecule has 3 heteroatoms. The number of methoxy groups -OCH3 is 1. The Labute approximate surface area is 91.3 Å². The van der Waals surface area contributed by atoms with Gasteiger partial charge >= 0.3 is 0 Å². The molecule has 15 heavy (non-hydrogen) atoms. The molecule has 3 nitrogen and oxygen atoms in total. The van der Waals surface area contributed by atoms with Crippen molar-refractivity contribution in [2.75, 3.05) is 19.1 Å². The summed E-state index contributed by atoms with van der Waals surface area (Å²) in [6.07, 6.45) is -0.375. The van der Waals surface area contributed by atoms with E-state index in [1.54, 1.807) is 14.0 Å². The quantitative estimate of drug-likeness (QED) is 0.822. The van der Waals surface area contributed by atoms with Gasteiger partial charge in [-0.05, 0) is 26.0 Å². The van der Waals surface area contributed by atoms with E-state index in [2.05, 4.69) is 0 Å². The molecule has 84 valence electrons. The highest BCUT2D eigenvalue weighted by Crippen LogP contribution is 2.28. The predicted molar refractivity (Wildman–Crippen MR) is 62.5 cm³/mol. The lowest BCUT2D eigenvalue weighted by atomic mass is 10.1. The third kappa shape index (κ3) is 2.63. The van der Waals surface area contributed by atoms with Crippen molar-refractivity contribution < 1.29 is 9.84 Å². The van der Waals surface area contributed by atoms with Crippen LogP contribution in [-0.2, 0) is 0 Å². The van der Waals surface area contributed by atoms with Crippen LogP contribution in [0.2, 0.25) is 0 Å². The number of ether oxygens (including phenoxy) is 1. The van der Waals surface area contributed by atoms with E-state index in [9.17, 15) is 5.11 Å². The van der Waals surface area contributed by atoms with Gasteiger partial charge in [0, 0.05) is 7.05 Å². The minimum absolute atomic E-state index is 0.0568. The number of aliphatic hydroxyl groups excluding tert-OH is 1. The van der Waals surface area contributed by atoms with E-state index in [-0.39, 0.29) is 12.1 Å². The molecule has 0 radical (unpaired) electrons. The van der Waals surface area contributed by atoms with Gasteiger partial charge in [0.25, 0.3) is 0 Å². The Morgan fingerprint density at radius 2 is 1.87 bits per heavy atom. The first-order chi connectivity index (χ1) is 7.07. The van der Waals surface area contributed by atoms with Crippen molar-refractivity contribution in [3.8, 4) is 5.75 Å². The zero-order valence-electron chi connectivity index (χ0n) is 9.77. The van der Waals surface area contributed by atoms with Gasteiger partial charge in [0.15, 0.2) is 0 Å². The van der Waals surface area contributed by atoms with E-state index in [0.717, 1.165) is 11.4 Å². The van der Waals surface area contributed by atoms with Crippen molar-refractivity contribution in [1.82, 2.24) is 0 Å². The molecule has 0 heterocycles. The van der Waals surface area contributed by atoms with Crippen LogP contribution in [0.3, 0.4) is 0 Å². The highest BCUT2D eigenvalue weighted by molar-refractivity contribution is 5.58. The van der Waals surface area contributed by atoms with Crippen LogP contribution in [0.1, 0.15) is 13.8 Å². The Kier molecular flexibility index (Phi) is 3.97. The van der Waals surface area contributed by atoms with Gasteiger partial charge in [0.05, 0.1) is 24.9 Å². The second-order valence-corrected chi connectivity index (χ2v) is 3.76. The van der Waals surface area contributed by atoms with Crippen LogP contribution in [0.5, 0.6) is 5.75 Å². The number of hydrogen-bond acceptors (Lipinski definition) is 3. The first kappa shape index (κ1) is 11.9. The van der Waals surface area contributed by atoms with E-state index in [0.29, 0.717) is 0 Å². The first-order valence-electron chi connectivity index (χ1n) is 5.11. The minimum atomic E-state index is -0.375. The summed E-state index contributed by atoms with van der Waals surface area (Å²) in [7, 11) is 3.61. The van der Waals surface area contributed by atoms with Gasteiger partial charge in [-0.2, -0.15) is 0 Å². The lowest BCUT2D eigenvalue weighted by molar-refractivity contribution is 0.167. The molecule has 0 aliphatic rings. The minimum Gasteiger partial charge on any atom is -0.495 e. The average molecular weight is 209 g/mol. The molecule has 1 aromatic carbocycles. The summed E-state index contributed by atoms with van der Waals surface area (Å²) >= 11 is 0. The maximum absolute atomic E-state index is 9.53. The summed E-state index contributed by atoms with van der Waals surface area (Å²) in [6.45, 7) is 3.77. The molecule has 0 aliphatic carbocycles. The molecule has 0 spiro atoms. The van der Waals surface area contributed by atoms with E-state index in [1.807, 2.05) is 43.1 Å². The molecule has 0 saturated carbocycles. The second kappa shape index (κ2) is 5.03. The number of para-hydroxylation sites is 2. The lowest BCUT2D eigenvalue weighted by Crippen LogP contribution is -2.37. The number of benzene rings is 1. The highest BCUT2D eigenvalue weighted by atomic mass is 16.5. The molecule has 1 rings (SSSR count). The monoisotopic (exact) mass is 209 g/mol. The molecular weight excluding hydrogens is 190 g/mol. The molecule has 2 atom stereocenters. The Morgan fingerprint density at radius 3 is 2.40 bits per heavy atom. The number of rotatable bonds is 4. The topological polar surface area (TPSA) is 32.7 Å².